The van der Waals surface area contributed by atoms with Crippen LogP contribution in [0.1, 0.15) is 21.5 Å². The average molecular weight is 525 g/mol. The topological polar surface area (TPSA) is 76.2 Å². The van der Waals surface area contributed by atoms with Crippen LogP contribution >= 0.6 is 0 Å². The molecule has 1 saturated heterocycles. The highest BCUT2D eigenvalue weighted by Crippen LogP contribution is 2.33. The summed E-state index contributed by atoms with van der Waals surface area (Å²) in [6, 6.07) is 23.9. The third-order valence-electron chi connectivity index (χ3n) is 7.35. The second-order valence-electron chi connectivity index (χ2n) is 9.85. The van der Waals surface area contributed by atoms with Crippen molar-refractivity contribution in [3.8, 4) is 17.2 Å². The Morgan fingerprint density at radius 1 is 0.923 bits per heavy atom. The minimum Gasteiger partial charge on any atom is -0.497 e. The summed E-state index contributed by atoms with van der Waals surface area (Å²) in [5, 5.41) is 3.97. The normalized spacial score (nSPS) is 14.9. The van der Waals surface area contributed by atoms with Crippen molar-refractivity contribution in [1.29, 1.82) is 0 Å². The molecule has 0 saturated carbocycles. The number of pyridine rings is 1. The molecule has 4 aromatic rings. The van der Waals surface area contributed by atoms with E-state index < -0.39 is 0 Å². The smallest absolute Gasteiger partial charge is 0.252 e. The van der Waals surface area contributed by atoms with E-state index in [1.54, 1.807) is 7.11 Å². The van der Waals surface area contributed by atoms with Crippen LogP contribution in [0.4, 0.5) is 5.82 Å². The summed E-state index contributed by atoms with van der Waals surface area (Å²) in [6.07, 6.45) is 0.747. The number of rotatable bonds is 8. The molecule has 2 aliphatic heterocycles. The maximum Gasteiger partial charge on any atom is 0.252 e. The lowest BCUT2D eigenvalue weighted by atomic mass is 10.1. The fraction of sp³-hybridized carbons (Fsp3) is 0.290. The van der Waals surface area contributed by atoms with Crippen molar-refractivity contribution in [2.45, 2.75) is 13.0 Å². The van der Waals surface area contributed by atoms with Crippen molar-refractivity contribution < 1.29 is 19.0 Å². The Balaban J connectivity index is 1.11. The summed E-state index contributed by atoms with van der Waals surface area (Å²) in [5.74, 6) is 3.22. The van der Waals surface area contributed by atoms with Crippen LogP contribution in [0.15, 0.2) is 72.8 Å². The summed E-state index contributed by atoms with van der Waals surface area (Å²) in [6.45, 7) is 5.20. The first-order valence-electron chi connectivity index (χ1n) is 13.3. The van der Waals surface area contributed by atoms with Crippen molar-refractivity contribution in [1.82, 2.24) is 15.2 Å². The van der Waals surface area contributed by atoms with Crippen molar-refractivity contribution >= 4 is 22.6 Å². The van der Waals surface area contributed by atoms with Crippen LogP contribution in [0.3, 0.4) is 0 Å². The number of carbonyl (C=O) groups is 1. The van der Waals surface area contributed by atoms with Crippen LogP contribution in [0.5, 0.6) is 17.2 Å². The van der Waals surface area contributed by atoms with E-state index in [4.69, 9.17) is 19.2 Å². The molecule has 0 bridgehead atoms. The van der Waals surface area contributed by atoms with Gasteiger partial charge in [-0.3, -0.25) is 9.69 Å². The summed E-state index contributed by atoms with van der Waals surface area (Å²) in [7, 11) is 1.66. The number of benzene rings is 3. The van der Waals surface area contributed by atoms with Gasteiger partial charge >= 0.3 is 0 Å². The number of hydrogen-bond donors (Lipinski definition) is 1. The van der Waals surface area contributed by atoms with Gasteiger partial charge in [-0.15, -0.1) is 0 Å². The molecular weight excluding hydrogens is 492 g/mol. The van der Waals surface area contributed by atoms with E-state index in [9.17, 15) is 4.79 Å². The van der Waals surface area contributed by atoms with Crippen LogP contribution in [0.25, 0.3) is 10.9 Å². The fourth-order valence-electron chi connectivity index (χ4n) is 5.15. The maximum atomic E-state index is 13.3. The van der Waals surface area contributed by atoms with Crippen LogP contribution in [-0.2, 0) is 13.0 Å². The second kappa shape index (κ2) is 11.2. The van der Waals surface area contributed by atoms with Crippen LogP contribution < -0.4 is 24.4 Å². The molecule has 8 nitrogen and oxygen atoms in total. The highest BCUT2D eigenvalue weighted by molar-refractivity contribution is 6.07. The summed E-state index contributed by atoms with van der Waals surface area (Å²) in [4.78, 5) is 22.9. The number of para-hydroxylation sites is 1. The number of piperazine rings is 1. The highest BCUT2D eigenvalue weighted by Gasteiger charge is 2.22. The monoisotopic (exact) mass is 524 g/mol. The molecule has 0 spiro atoms. The molecule has 39 heavy (non-hydrogen) atoms. The van der Waals surface area contributed by atoms with Crippen molar-refractivity contribution in [3.63, 3.8) is 0 Å². The zero-order valence-corrected chi connectivity index (χ0v) is 22.1. The lowest BCUT2D eigenvalue weighted by Crippen LogP contribution is -2.46. The number of nitrogens with zero attached hydrogens (tertiary/aromatic N) is 3. The molecule has 0 unspecified atom stereocenters. The van der Waals surface area contributed by atoms with Crippen molar-refractivity contribution in [2.75, 3.05) is 51.5 Å². The zero-order chi connectivity index (χ0) is 26.6. The minimum absolute atomic E-state index is 0.0789. The zero-order valence-electron chi connectivity index (χ0n) is 22.1. The molecule has 2 aliphatic rings. The van der Waals surface area contributed by atoms with Crippen LogP contribution in [0.2, 0.25) is 0 Å². The molecule has 8 heteroatoms. The van der Waals surface area contributed by atoms with Gasteiger partial charge in [0.1, 0.15) is 11.6 Å². The van der Waals surface area contributed by atoms with Crippen molar-refractivity contribution in [2.24, 2.45) is 0 Å². The molecule has 1 N–H and O–H groups in total. The molecule has 0 aliphatic carbocycles. The molecule has 3 heterocycles. The van der Waals surface area contributed by atoms with Gasteiger partial charge in [0.2, 0.25) is 6.79 Å². The maximum absolute atomic E-state index is 13.3. The number of anilines is 1. The number of amides is 1. The highest BCUT2D eigenvalue weighted by atomic mass is 16.7. The number of carbonyl (C=O) groups excluding carboxylic acids is 1. The first-order valence-corrected chi connectivity index (χ1v) is 13.3. The second-order valence-corrected chi connectivity index (χ2v) is 9.85. The number of hydrogen-bond acceptors (Lipinski definition) is 7. The van der Waals surface area contributed by atoms with E-state index in [1.165, 1.54) is 5.56 Å². The van der Waals surface area contributed by atoms with Crippen LogP contribution in [0, 0.1) is 0 Å². The van der Waals surface area contributed by atoms with Gasteiger partial charge in [0.25, 0.3) is 5.91 Å². The number of aromatic nitrogens is 1. The van der Waals surface area contributed by atoms with Gasteiger partial charge in [0.15, 0.2) is 11.5 Å². The summed E-state index contributed by atoms with van der Waals surface area (Å²) >= 11 is 0. The first-order chi connectivity index (χ1) is 19.2. The summed E-state index contributed by atoms with van der Waals surface area (Å²) < 4.78 is 16.2. The van der Waals surface area contributed by atoms with E-state index >= 15 is 0 Å². The SMILES string of the molecule is COc1ccc(CCNC(=O)c2cc(N3CCN(Cc4ccc5c(c4)OCO5)CC3)nc3ccccc23)cc1. The first kappa shape index (κ1) is 25.0. The van der Waals surface area contributed by atoms with Gasteiger partial charge in [-0.05, 0) is 53.9 Å². The van der Waals surface area contributed by atoms with E-state index in [-0.39, 0.29) is 5.91 Å². The van der Waals surface area contributed by atoms with Gasteiger partial charge in [-0.1, -0.05) is 36.4 Å². The van der Waals surface area contributed by atoms with E-state index in [1.807, 2.05) is 60.7 Å². The lowest BCUT2D eigenvalue weighted by molar-refractivity contribution is 0.0955. The van der Waals surface area contributed by atoms with Crippen molar-refractivity contribution in [3.05, 3.63) is 89.5 Å². The molecule has 200 valence electrons. The average Bonchev–Trinajstić information content (AvgIpc) is 3.45. The van der Waals surface area contributed by atoms with Gasteiger partial charge in [0, 0.05) is 44.7 Å². The number of fused-ring (bicyclic) bond motifs is 2. The molecule has 1 amide bonds. The Morgan fingerprint density at radius 3 is 2.51 bits per heavy atom. The molecule has 1 aromatic heterocycles. The van der Waals surface area contributed by atoms with E-state index in [2.05, 4.69) is 27.2 Å². The number of nitrogens with one attached hydrogen (secondary N) is 1. The molecule has 1 fully saturated rings. The number of ether oxygens (including phenoxy) is 3. The predicted molar refractivity (Wildman–Crippen MR) is 151 cm³/mol. The predicted octanol–water partition coefficient (Wildman–Crippen LogP) is 4.27. The Labute approximate surface area is 228 Å². The number of methoxy groups -OCH3 is 1. The van der Waals surface area contributed by atoms with Gasteiger partial charge in [-0.25, -0.2) is 4.98 Å². The molecular formula is C31H32N4O4. The largest absolute Gasteiger partial charge is 0.497 e. The van der Waals surface area contributed by atoms with Crippen LogP contribution in [-0.4, -0.2) is 62.4 Å². The molecule has 6 rings (SSSR count). The van der Waals surface area contributed by atoms with E-state index in [0.717, 1.165) is 78.7 Å². The lowest BCUT2D eigenvalue weighted by Gasteiger charge is -2.35. The minimum atomic E-state index is -0.0789. The Bertz CT molecular complexity index is 1470. The molecule has 0 atom stereocenters. The van der Waals surface area contributed by atoms with E-state index in [0.29, 0.717) is 18.9 Å². The quantitative estimate of drug-likeness (QED) is 0.369. The Kier molecular flexibility index (Phi) is 7.19. The fourth-order valence-corrected chi connectivity index (χ4v) is 5.15. The van der Waals surface area contributed by atoms with Gasteiger partial charge in [0.05, 0.1) is 18.2 Å². The van der Waals surface area contributed by atoms with Gasteiger partial charge in [-0.2, -0.15) is 0 Å². The third-order valence-corrected chi connectivity index (χ3v) is 7.35. The Morgan fingerprint density at radius 2 is 1.69 bits per heavy atom. The molecule has 0 radical (unpaired) electrons. The standard InChI is InChI=1S/C31H32N4O4/c1-37-24-9-6-22(7-10-24)12-13-32-31(36)26-19-30(33-27-5-3-2-4-25(26)27)35-16-14-34(15-17-35)20-23-8-11-28-29(18-23)39-21-38-28/h2-11,18-19H,12-17,20-21H2,1H3,(H,32,36). The molecule has 3 aromatic carbocycles. The van der Waals surface area contributed by atoms with Gasteiger partial charge < -0.3 is 24.4 Å². The summed E-state index contributed by atoms with van der Waals surface area (Å²) in [5.41, 5.74) is 3.85. The Hall–Kier alpha value is -4.30. The third kappa shape index (κ3) is 5.61.